The molecule has 0 aliphatic heterocycles. The molecule has 0 atom stereocenters. The average molecular weight is 1910 g/mol. The molecular formula is C143H91N7. The Hall–Kier alpha value is -20.0. The van der Waals surface area contributed by atoms with Crippen molar-refractivity contribution in [3.8, 4) is 157 Å². The van der Waals surface area contributed by atoms with Crippen molar-refractivity contribution >= 4 is 129 Å². The lowest BCUT2D eigenvalue weighted by Gasteiger charge is -2.19. The van der Waals surface area contributed by atoms with E-state index < -0.39 is 0 Å². The van der Waals surface area contributed by atoms with Crippen LogP contribution in [0.25, 0.3) is 286 Å². The van der Waals surface area contributed by atoms with E-state index in [0.717, 1.165) is 95.1 Å². The summed E-state index contributed by atoms with van der Waals surface area (Å²) in [5.41, 5.74) is 30.8. The van der Waals surface area contributed by atoms with Crippen LogP contribution in [0.2, 0.25) is 0 Å². The van der Waals surface area contributed by atoms with E-state index in [9.17, 15) is 0 Å². The minimum atomic E-state index is 0.689. The van der Waals surface area contributed by atoms with E-state index >= 15 is 0 Å². The van der Waals surface area contributed by atoms with Gasteiger partial charge in [0.25, 0.3) is 0 Å². The maximum atomic E-state index is 5.27. The summed E-state index contributed by atoms with van der Waals surface area (Å²) in [4.78, 5) is 33.9. The molecule has 0 unspecified atom stereocenters. The normalized spacial score (nSPS) is 11.5. The molecule has 0 fully saturated rings. The van der Waals surface area contributed by atoms with Crippen LogP contribution in [-0.4, -0.2) is 34.9 Å². The van der Waals surface area contributed by atoms with Gasteiger partial charge in [-0.3, -0.25) is 24.9 Å². The van der Waals surface area contributed by atoms with Crippen molar-refractivity contribution in [2.75, 3.05) is 0 Å². The molecule has 0 aliphatic rings. The SMILES string of the molecule is c1ccc(-c2ccc(-c3c4ccccc4c(-c4ccc(-c5ccccn5)cc4)c4cc(-c5cccc6ccccc56)ccc34)cc2)nc1.c1ccc(-c2ccc(-c3nc(-c4cc5ccccc5c5ccccc45)cc(-c4cc5ccccc5c5ccccc45)n3)cc2)nc1.c1ccc2cc(-c3ccc(-c4c5ccccc5c(-c5ccc6ccccc6c5)c5cc(-c6ccc(-c7cnc8ccccc8c7)nc6)ccc45)cc3)ccc2c1. The lowest BCUT2D eigenvalue weighted by atomic mass is 9.84. The van der Waals surface area contributed by atoms with Crippen LogP contribution in [-0.2, 0) is 0 Å². The summed E-state index contributed by atoms with van der Waals surface area (Å²) in [6, 6.07) is 187. The Morgan fingerprint density at radius 2 is 0.447 bits per heavy atom. The molecule has 23 aromatic carbocycles. The van der Waals surface area contributed by atoms with Crippen LogP contribution >= 0.6 is 0 Å². The number of rotatable bonds is 14. The van der Waals surface area contributed by atoms with Crippen LogP contribution in [0, 0.1) is 0 Å². The first-order valence-electron chi connectivity index (χ1n) is 51.0. The van der Waals surface area contributed by atoms with Gasteiger partial charge in [0.05, 0.1) is 39.7 Å². The number of para-hydroxylation sites is 1. The number of benzene rings is 23. The predicted octanol–water partition coefficient (Wildman–Crippen LogP) is 38.0. The van der Waals surface area contributed by atoms with E-state index in [-0.39, 0.29) is 0 Å². The summed E-state index contributed by atoms with van der Waals surface area (Å²) in [6.45, 7) is 0. The molecule has 0 aliphatic carbocycles. The Morgan fingerprint density at radius 1 is 0.120 bits per heavy atom. The highest BCUT2D eigenvalue weighted by molar-refractivity contribution is 6.25. The van der Waals surface area contributed by atoms with Crippen LogP contribution in [0.5, 0.6) is 0 Å². The van der Waals surface area contributed by atoms with Crippen LogP contribution < -0.4 is 0 Å². The van der Waals surface area contributed by atoms with Gasteiger partial charge in [0.1, 0.15) is 0 Å². The standard InChI is InChI=1S/C54H34N2.C46H30N2.C43H27N3/c1-3-11-39-29-41(23-19-35(39)9-1)37-17-21-38(22-18-37)53-47-14-6-7-15-48(47)54(44-24-20-36-10-2-4-12-40(36)30-44)50-32-42(25-27-49(50)53)45-26-28-52(55-33-45)46-31-43-13-5-8-16-51(43)56-34-46;1-2-12-37-31(10-1)11-9-15-38(37)36-26-27-41-42(30-36)46(35-24-20-33(21-25-35)44-17-6-8-29-48-44)40-14-4-3-13-39(40)45(41)34-22-18-32(19-23-34)43-16-5-7-28-47-43;1-3-13-32-30(11-1)25-38(36-17-7-5-15-34(32)36)41-27-42(39-26-31-12-2-4-14-33(31)35-16-6-8-18-37(35)39)46-43(45-41)29-22-20-28(21-23-29)40-19-9-10-24-44-40/h1-34H;1-30H;1-27H. The van der Waals surface area contributed by atoms with Gasteiger partial charge in [0.15, 0.2) is 5.82 Å². The highest BCUT2D eigenvalue weighted by Crippen LogP contribution is 2.51. The quantitative estimate of drug-likeness (QED) is 0.0791. The van der Waals surface area contributed by atoms with E-state index in [4.69, 9.17) is 15.0 Å². The summed E-state index contributed by atoms with van der Waals surface area (Å²) < 4.78 is 0. The van der Waals surface area contributed by atoms with Crippen molar-refractivity contribution in [1.82, 2.24) is 34.9 Å². The third kappa shape index (κ3) is 16.8. The molecular weight excluding hydrogens is 1820 g/mol. The molecule has 0 spiro atoms. The van der Waals surface area contributed by atoms with Crippen LogP contribution in [0.4, 0.5) is 0 Å². The highest BCUT2D eigenvalue weighted by atomic mass is 14.9. The molecule has 6 heterocycles. The number of pyridine rings is 5. The van der Waals surface area contributed by atoms with Crippen molar-refractivity contribution in [1.29, 1.82) is 0 Å². The van der Waals surface area contributed by atoms with E-state index in [0.29, 0.717) is 5.82 Å². The minimum Gasteiger partial charge on any atom is -0.256 e. The van der Waals surface area contributed by atoms with Gasteiger partial charge in [-0.25, -0.2) is 9.97 Å². The molecule has 0 N–H and O–H groups in total. The monoisotopic (exact) mass is 1910 g/mol. The first-order valence-corrected chi connectivity index (χ1v) is 51.0. The number of aromatic nitrogens is 7. The average Bonchev–Trinajstić information content (AvgIpc) is 0.732. The number of fused-ring (bicyclic) bond motifs is 14. The second kappa shape index (κ2) is 38.6. The Bertz CT molecular complexity index is 10200. The second-order valence-corrected chi connectivity index (χ2v) is 38.4. The lowest BCUT2D eigenvalue weighted by Crippen LogP contribution is -1.97. The van der Waals surface area contributed by atoms with Gasteiger partial charge in [-0.05, 0) is 288 Å². The fraction of sp³-hybridized carbons (Fsp3) is 0. The zero-order valence-corrected chi connectivity index (χ0v) is 81.7. The zero-order valence-electron chi connectivity index (χ0n) is 81.7. The van der Waals surface area contributed by atoms with Gasteiger partial charge in [-0.1, -0.05) is 425 Å². The fourth-order valence-electron chi connectivity index (χ4n) is 22.3. The van der Waals surface area contributed by atoms with Gasteiger partial charge in [-0.2, -0.15) is 0 Å². The van der Waals surface area contributed by atoms with E-state index in [2.05, 4.69) is 481 Å². The number of nitrogens with zero attached hydrogens (tertiary/aromatic N) is 7. The number of hydrogen-bond donors (Lipinski definition) is 0. The van der Waals surface area contributed by atoms with Crippen molar-refractivity contribution < 1.29 is 0 Å². The maximum absolute atomic E-state index is 5.27. The molecule has 7 heteroatoms. The van der Waals surface area contributed by atoms with Crippen LogP contribution in [0.1, 0.15) is 0 Å². The Kier molecular flexibility index (Phi) is 22.9. The zero-order chi connectivity index (χ0) is 99.3. The molecule has 29 rings (SSSR count). The second-order valence-electron chi connectivity index (χ2n) is 38.4. The third-order valence-electron chi connectivity index (χ3n) is 29.6. The number of hydrogen-bond acceptors (Lipinski definition) is 7. The van der Waals surface area contributed by atoms with Crippen molar-refractivity contribution in [3.05, 3.63) is 553 Å². The predicted molar refractivity (Wildman–Crippen MR) is 630 cm³/mol. The first-order chi connectivity index (χ1) is 74.3. The van der Waals surface area contributed by atoms with Crippen molar-refractivity contribution in [2.45, 2.75) is 0 Å². The Morgan fingerprint density at radius 3 is 0.940 bits per heavy atom. The van der Waals surface area contributed by atoms with Gasteiger partial charge >= 0.3 is 0 Å². The maximum Gasteiger partial charge on any atom is 0.160 e. The van der Waals surface area contributed by atoms with E-state index in [1.807, 2.05) is 91.6 Å². The Labute approximate surface area is 867 Å². The largest absolute Gasteiger partial charge is 0.256 e. The molecule has 0 saturated carbocycles. The van der Waals surface area contributed by atoms with Gasteiger partial charge in [0, 0.05) is 80.9 Å². The summed E-state index contributed by atoms with van der Waals surface area (Å²) in [7, 11) is 0. The molecule has 0 amide bonds. The van der Waals surface area contributed by atoms with Gasteiger partial charge in [0.2, 0.25) is 0 Å². The third-order valence-corrected chi connectivity index (χ3v) is 29.6. The summed E-state index contributed by atoms with van der Waals surface area (Å²) in [5, 5.41) is 28.0. The Balaban J connectivity index is 0.000000111. The lowest BCUT2D eigenvalue weighted by molar-refractivity contribution is 1.19. The summed E-state index contributed by atoms with van der Waals surface area (Å²) in [6.07, 6.45) is 9.43. The molecule has 29 aromatic rings. The smallest absolute Gasteiger partial charge is 0.160 e. The van der Waals surface area contributed by atoms with Crippen molar-refractivity contribution in [2.24, 2.45) is 0 Å². The molecule has 698 valence electrons. The first kappa shape index (κ1) is 88.9. The summed E-state index contributed by atoms with van der Waals surface area (Å²) >= 11 is 0. The molecule has 150 heavy (non-hydrogen) atoms. The molecule has 0 saturated heterocycles. The molecule has 7 nitrogen and oxygen atoms in total. The minimum absolute atomic E-state index is 0.689. The van der Waals surface area contributed by atoms with Crippen LogP contribution in [0.3, 0.4) is 0 Å². The van der Waals surface area contributed by atoms with Crippen LogP contribution in [0.15, 0.2) is 553 Å². The van der Waals surface area contributed by atoms with E-state index in [1.54, 1.807) is 0 Å². The van der Waals surface area contributed by atoms with Gasteiger partial charge in [-0.15, -0.1) is 0 Å². The molecule has 0 radical (unpaired) electrons. The van der Waals surface area contributed by atoms with Gasteiger partial charge < -0.3 is 0 Å². The molecule has 6 aromatic heterocycles. The summed E-state index contributed by atoms with van der Waals surface area (Å²) in [5.74, 6) is 0.689. The molecule has 0 bridgehead atoms. The van der Waals surface area contributed by atoms with Crippen molar-refractivity contribution in [3.63, 3.8) is 0 Å². The van der Waals surface area contributed by atoms with E-state index in [1.165, 1.54) is 185 Å². The highest BCUT2D eigenvalue weighted by Gasteiger charge is 2.25. The fourth-order valence-corrected chi connectivity index (χ4v) is 22.3. The topological polar surface area (TPSA) is 90.2 Å².